The predicted molar refractivity (Wildman–Crippen MR) is 60.0 cm³/mol. The summed E-state index contributed by atoms with van der Waals surface area (Å²) in [5, 5.41) is 8.10. The molecule has 1 saturated heterocycles. The SMILES string of the molecule is CC1(C)CSC(=NCCc2ncon2)N1. The maximum Gasteiger partial charge on any atom is 0.213 e. The summed E-state index contributed by atoms with van der Waals surface area (Å²) in [6.07, 6.45) is 2.07. The quantitative estimate of drug-likeness (QED) is 0.835. The number of hydrogen-bond acceptors (Lipinski definition) is 5. The van der Waals surface area contributed by atoms with Gasteiger partial charge in [0.25, 0.3) is 0 Å². The van der Waals surface area contributed by atoms with Crippen molar-refractivity contribution in [3.63, 3.8) is 0 Å². The summed E-state index contributed by atoms with van der Waals surface area (Å²) in [5.74, 6) is 1.77. The zero-order chi connectivity index (χ0) is 10.7. The Morgan fingerprint density at radius 3 is 3.13 bits per heavy atom. The lowest BCUT2D eigenvalue weighted by Crippen LogP contribution is -2.36. The molecule has 0 aliphatic carbocycles. The molecule has 6 heteroatoms. The molecular weight excluding hydrogens is 212 g/mol. The normalized spacial score (nSPS) is 21.9. The van der Waals surface area contributed by atoms with E-state index in [0.29, 0.717) is 12.4 Å². The summed E-state index contributed by atoms with van der Waals surface area (Å²) in [5.41, 5.74) is 0.162. The highest BCUT2D eigenvalue weighted by Gasteiger charge is 2.26. The molecular formula is C9H14N4OS. The Kier molecular flexibility index (Phi) is 2.95. The van der Waals surface area contributed by atoms with Crippen LogP contribution in [0.4, 0.5) is 0 Å². The molecule has 2 rings (SSSR count). The van der Waals surface area contributed by atoms with Crippen LogP contribution < -0.4 is 5.32 Å². The fraction of sp³-hybridized carbons (Fsp3) is 0.667. The minimum atomic E-state index is 0.162. The summed E-state index contributed by atoms with van der Waals surface area (Å²) in [7, 11) is 0. The maximum atomic E-state index is 4.64. The number of aliphatic imine (C=N–C) groups is 1. The van der Waals surface area contributed by atoms with Crippen LogP contribution in [0.5, 0.6) is 0 Å². The van der Waals surface area contributed by atoms with E-state index in [2.05, 4.69) is 38.8 Å². The van der Waals surface area contributed by atoms with E-state index in [1.165, 1.54) is 6.39 Å². The summed E-state index contributed by atoms with van der Waals surface area (Å²) < 4.78 is 4.64. The van der Waals surface area contributed by atoms with Gasteiger partial charge in [-0.2, -0.15) is 4.98 Å². The Labute approximate surface area is 92.7 Å². The van der Waals surface area contributed by atoms with Crippen molar-refractivity contribution in [2.24, 2.45) is 4.99 Å². The van der Waals surface area contributed by atoms with E-state index in [1.54, 1.807) is 11.8 Å². The molecule has 0 spiro atoms. The van der Waals surface area contributed by atoms with E-state index in [-0.39, 0.29) is 5.54 Å². The van der Waals surface area contributed by atoms with Gasteiger partial charge in [0.05, 0.1) is 0 Å². The second kappa shape index (κ2) is 4.22. The second-order valence-electron chi connectivity index (χ2n) is 4.08. The molecule has 1 aromatic rings. The van der Waals surface area contributed by atoms with Crippen molar-refractivity contribution in [1.82, 2.24) is 15.5 Å². The Morgan fingerprint density at radius 2 is 2.53 bits per heavy atom. The lowest BCUT2D eigenvalue weighted by Gasteiger charge is -2.15. The first kappa shape index (κ1) is 10.5. The first-order chi connectivity index (χ1) is 7.16. The van der Waals surface area contributed by atoms with Gasteiger partial charge in [-0.15, -0.1) is 0 Å². The number of aromatic nitrogens is 2. The number of hydrogen-bond donors (Lipinski definition) is 1. The van der Waals surface area contributed by atoms with Gasteiger partial charge in [0, 0.05) is 24.3 Å². The van der Waals surface area contributed by atoms with Crippen molar-refractivity contribution in [3.8, 4) is 0 Å². The largest absolute Gasteiger partial charge is 0.359 e. The van der Waals surface area contributed by atoms with Crippen molar-refractivity contribution < 1.29 is 4.52 Å². The molecule has 2 heterocycles. The fourth-order valence-electron chi connectivity index (χ4n) is 1.26. The molecule has 0 saturated carbocycles. The highest BCUT2D eigenvalue weighted by atomic mass is 32.2. The van der Waals surface area contributed by atoms with E-state index in [1.807, 2.05) is 0 Å². The van der Waals surface area contributed by atoms with Crippen molar-refractivity contribution >= 4 is 16.9 Å². The third-order valence-electron chi connectivity index (χ3n) is 2.01. The average molecular weight is 226 g/mol. The lowest BCUT2D eigenvalue weighted by atomic mass is 10.1. The molecule has 1 aliphatic rings. The number of rotatable bonds is 3. The molecule has 0 bridgehead atoms. The second-order valence-corrected chi connectivity index (χ2v) is 5.05. The van der Waals surface area contributed by atoms with Gasteiger partial charge in [-0.05, 0) is 13.8 Å². The lowest BCUT2D eigenvalue weighted by molar-refractivity contribution is 0.410. The minimum absolute atomic E-state index is 0.162. The van der Waals surface area contributed by atoms with Crippen molar-refractivity contribution in [2.45, 2.75) is 25.8 Å². The van der Waals surface area contributed by atoms with Crippen LogP contribution in [0, 0.1) is 0 Å². The van der Waals surface area contributed by atoms with E-state index < -0.39 is 0 Å². The Bertz CT molecular complexity index is 347. The molecule has 0 amide bonds. The molecule has 5 nitrogen and oxygen atoms in total. The molecule has 0 unspecified atom stereocenters. The van der Waals surface area contributed by atoms with Crippen LogP contribution in [0.3, 0.4) is 0 Å². The topological polar surface area (TPSA) is 63.3 Å². The van der Waals surface area contributed by atoms with E-state index in [0.717, 1.165) is 17.3 Å². The van der Waals surface area contributed by atoms with E-state index in [4.69, 9.17) is 0 Å². The average Bonchev–Trinajstić information content (AvgIpc) is 2.76. The highest BCUT2D eigenvalue weighted by molar-refractivity contribution is 8.14. The molecule has 15 heavy (non-hydrogen) atoms. The van der Waals surface area contributed by atoms with E-state index in [9.17, 15) is 0 Å². The molecule has 0 radical (unpaired) electrons. The molecule has 1 aliphatic heterocycles. The zero-order valence-electron chi connectivity index (χ0n) is 8.86. The van der Waals surface area contributed by atoms with Gasteiger partial charge in [0.1, 0.15) is 0 Å². The van der Waals surface area contributed by atoms with Crippen LogP contribution in [-0.4, -0.2) is 33.1 Å². The van der Waals surface area contributed by atoms with Crippen molar-refractivity contribution in [3.05, 3.63) is 12.2 Å². The highest BCUT2D eigenvalue weighted by Crippen LogP contribution is 2.21. The third-order valence-corrected chi connectivity index (χ3v) is 3.38. The molecule has 1 N–H and O–H groups in total. The molecule has 1 fully saturated rings. The van der Waals surface area contributed by atoms with Crippen LogP contribution in [-0.2, 0) is 6.42 Å². The smallest absolute Gasteiger partial charge is 0.213 e. The number of nitrogens with zero attached hydrogens (tertiary/aromatic N) is 3. The van der Waals surface area contributed by atoms with Crippen LogP contribution >= 0.6 is 11.8 Å². The van der Waals surface area contributed by atoms with Crippen LogP contribution in [0.15, 0.2) is 15.9 Å². The zero-order valence-corrected chi connectivity index (χ0v) is 9.67. The van der Waals surface area contributed by atoms with Crippen molar-refractivity contribution in [1.29, 1.82) is 0 Å². The predicted octanol–water partition coefficient (Wildman–Crippen LogP) is 1.08. The third kappa shape index (κ3) is 2.95. The Morgan fingerprint density at radius 1 is 1.67 bits per heavy atom. The number of thioether (sulfide) groups is 1. The van der Waals surface area contributed by atoms with Gasteiger partial charge < -0.3 is 9.84 Å². The van der Waals surface area contributed by atoms with Gasteiger partial charge in [-0.1, -0.05) is 16.9 Å². The van der Waals surface area contributed by atoms with Gasteiger partial charge >= 0.3 is 0 Å². The molecule has 1 aromatic heterocycles. The van der Waals surface area contributed by atoms with Gasteiger partial charge in [-0.3, -0.25) is 4.99 Å². The Hall–Kier alpha value is -1.04. The summed E-state index contributed by atoms with van der Waals surface area (Å²) in [6.45, 7) is 5.04. The first-order valence-electron chi connectivity index (χ1n) is 4.86. The van der Waals surface area contributed by atoms with Gasteiger partial charge in [0.2, 0.25) is 6.39 Å². The molecule has 82 valence electrons. The first-order valence-corrected chi connectivity index (χ1v) is 5.85. The summed E-state index contributed by atoms with van der Waals surface area (Å²) in [4.78, 5) is 8.38. The van der Waals surface area contributed by atoms with Gasteiger partial charge in [0.15, 0.2) is 11.0 Å². The summed E-state index contributed by atoms with van der Waals surface area (Å²) in [6, 6.07) is 0. The minimum Gasteiger partial charge on any atom is -0.359 e. The standard InChI is InChI=1S/C9H14N4OS/c1-9(2)5-15-8(12-9)10-4-3-7-11-6-14-13-7/h6H,3-5H2,1-2H3,(H,10,12). The number of nitrogens with one attached hydrogen (secondary N) is 1. The van der Waals surface area contributed by atoms with E-state index >= 15 is 0 Å². The number of amidine groups is 1. The van der Waals surface area contributed by atoms with Crippen LogP contribution in [0.2, 0.25) is 0 Å². The summed E-state index contributed by atoms with van der Waals surface area (Å²) >= 11 is 1.76. The Balaban J connectivity index is 1.80. The van der Waals surface area contributed by atoms with Gasteiger partial charge in [-0.25, -0.2) is 0 Å². The maximum absolute atomic E-state index is 4.64. The molecule has 0 atom stereocenters. The van der Waals surface area contributed by atoms with Crippen molar-refractivity contribution in [2.75, 3.05) is 12.3 Å². The fourth-order valence-corrected chi connectivity index (χ4v) is 2.36. The molecule has 0 aromatic carbocycles. The van der Waals surface area contributed by atoms with Crippen LogP contribution in [0.1, 0.15) is 19.7 Å². The van der Waals surface area contributed by atoms with Crippen LogP contribution in [0.25, 0.3) is 0 Å². The monoisotopic (exact) mass is 226 g/mol.